The SMILES string of the molecule is C/C(=C\c1ccccc1)C(C#N)CC(=O)c1ccc(Cl)cc1. The molecule has 2 rings (SSSR count). The summed E-state index contributed by atoms with van der Waals surface area (Å²) in [7, 11) is 0. The van der Waals surface area contributed by atoms with Gasteiger partial charge in [-0.3, -0.25) is 4.79 Å². The lowest BCUT2D eigenvalue weighted by Crippen LogP contribution is -2.08. The van der Waals surface area contributed by atoms with Crippen LogP contribution in [0.3, 0.4) is 0 Å². The molecule has 0 spiro atoms. The Morgan fingerprint density at radius 1 is 1.18 bits per heavy atom. The van der Waals surface area contributed by atoms with Gasteiger partial charge in [0.15, 0.2) is 5.78 Å². The van der Waals surface area contributed by atoms with Crippen LogP contribution in [-0.2, 0) is 0 Å². The number of nitriles is 1. The van der Waals surface area contributed by atoms with Crippen LogP contribution in [0.5, 0.6) is 0 Å². The molecule has 110 valence electrons. The molecule has 0 bridgehead atoms. The summed E-state index contributed by atoms with van der Waals surface area (Å²) < 4.78 is 0. The summed E-state index contributed by atoms with van der Waals surface area (Å²) in [5, 5.41) is 9.94. The molecule has 0 aliphatic heterocycles. The zero-order valence-corrected chi connectivity index (χ0v) is 13.0. The van der Waals surface area contributed by atoms with Gasteiger partial charge in [0.2, 0.25) is 0 Å². The lowest BCUT2D eigenvalue weighted by molar-refractivity contribution is 0.0974. The van der Waals surface area contributed by atoms with Gasteiger partial charge in [-0.25, -0.2) is 0 Å². The lowest BCUT2D eigenvalue weighted by atomic mass is 9.92. The largest absolute Gasteiger partial charge is 0.294 e. The fourth-order valence-corrected chi connectivity index (χ4v) is 2.29. The minimum absolute atomic E-state index is 0.0518. The van der Waals surface area contributed by atoms with Crippen LogP contribution < -0.4 is 0 Å². The number of Topliss-reactive ketones (excluding diaryl/α,β-unsaturated/α-hetero) is 1. The first-order chi connectivity index (χ1) is 10.6. The van der Waals surface area contributed by atoms with Gasteiger partial charge in [0.1, 0.15) is 0 Å². The van der Waals surface area contributed by atoms with Crippen LogP contribution >= 0.6 is 11.6 Å². The normalized spacial score (nSPS) is 12.5. The summed E-state index contributed by atoms with van der Waals surface area (Å²) in [6.07, 6.45) is 2.12. The molecular weight excluding hydrogens is 294 g/mol. The summed E-state index contributed by atoms with van der Waals surface area (Å²) in [4.78, 5) is 12.3. The molecule has 0 saturated heterocycles. The predicted octanol–water partition coefficient (Wildman–Crippen LogP) is 5.16. The van der Waals surface area contributed by atoms with Crippen molar-refractivity contribution in [3.8, 4) is 6.07 Å². The van der Waals surface area contributed by atoms with Crippen LogP contribution in [0.2, 0.25) is 5.02 Å². The predicted molar refractivity (Wildman–Crippen MR) is 89.6 cm³/mol. The highest BCUT2D eigenvalue weighted by molar-refractivity contribution is 6.30. The van der Waals surface area contributed by atoms with Crippen LogP contribution in [0.4, 0.5) is 0 Å². The molecule has 0 radical (unpaired) electrons. The molecule has 0 aliphatic carbocycles. The van der Waals surface area contributed by atoms with E-state index in [9.17, 15) is 10.1 Å². The molecule has 2 aromatic rings. The van der Waals surface area contributed by atoms with Gasteiger partial charge in [-0.05, 0) is 36.8 Å². The molecule has 0 aromatic heterocycles. The Morgan fingerprint density at radius 2 is 1.82 bits per heavy atom. The molecule has 22 heavy (non-hydrogen) atoms. The summed E-state index contributed by atoms with van der Waals surface area (Å²) >= 11 is 5.82. The van der Waals surface area contributed by atoms with E-state index >= 15 is 0 Å². The second kappa shape index (κ2) is 7.59. The van der Waals surface area contributed by atoms with Crippen LogP contribution in [0, 0.1) is 17.2 Å². The number of carbonyl (C=O) groups excluding carboxylic acids is 1. The third kappa shape index (κ3) is 4.31. The van der Waals surface area contributed by atoms with Crippen molar-refractivity contribution in [1.29, 1.82) is 5.26 Å². The monoisotopic (exact) mass is 309 g/mol. The van der Waals surface area contributed by atoms with Crippen molar-refractivity contribution < 1.29 is 4.79 Å². The molecule has 1 unspecified atom stereocenters. The van der Waals surface area contributed by atoms with E-state index in [0.29, 0.717) is 10.6 Å². The second-order valence-electron chi connectivity index (χ2n) is 5.11. The fraction of sp³-hybridized carbons (Fsp3) is 0.158. The summed E-state index contributed by atoms with van der Waals surface area (Å²) in [6.45, 7) is 1.88. The number of nitrogens with zero attached hydrogens (tertiary/aromatic N) is 1. The number of carbonyl (C=O) groups is 1. The first kappa shape index (κ1) is 16.0. The average molecular weight is 310 g/mol. The average Bonchev–Trinajstić information content (AvgIpc) is 2.53. The number of halogens is 1. The van der Waals surface area contributed by atoms with Gasteiger partial charge >= 0.3 is 0 Å². The highest BCUT2D eigenvalue weighted by Gasteiger charge is 2.16. The van der Waals surface area contributed by atoms with E-state index < -0.39 is 5.92 Å². The number of hydrogen-bond acceptors (Lipinski definition) is 2. The van der Waals surface area contributed by atoms with E-state index in [1.807, 2.05) is 43.3 Å². The Balaban J connectivity index is 2.12. The zero-order valence-electron chi connectivity index (χ0n) is 12.3. The summed E-state index contributed by atoms with van der Waals surface area (Å²) in [6, 6.07) is 18.7. The number of allylic oxidation sites excluding steroid dienone is 1. The number of ketones is 1. The quantitative estimate of drug-likeness (QED) is 0.716. The highest BCUT2D eigenvalue weighted by Crippen LogP contribution is 2.20. The number of benzene rings is 2. The Morgan fingerprint density at radius 3 is 2.41 bits per heavy atom. The highest BCUT2D eigenvalue weighted by atomic mass is 35.5. The van der Waals surface area contributed by atoms with E-state index in [2.05, 4.69) is 6.07 Å². The maximum Gasteiger partial charge on any atom is 0.164 e. The molecule has 2 nitrogen and oxygen atoms in total. The Bertz CT molecular complexity index is 711. The third-order valence-corrected chi connectivity index (χ3v) is 3.71. The zero-order chi connectivity index (χ0) is 15.9. The van der Waals surface area contributed by atoms with Gasteiger partial charge in [-0.15, -0.1) is 0 Å². The van der Waals surface area contributed by atoms with Crippen molar-refractivity contribution in [1.82, 2.24) is 0 Å². The van der Waals surface area contributed by atoms with E-state index in [1.54, 1.807) is 24.3 Å². The maximum atomic E-state index is 12.3. The lowest BCUT2D eigenvalue weighted by Gasteiger charge is -2.09. The molecule has 0 amide bonds. The molecule has 0 aliphatic rings. The van der Waals surface area contributed by atoms with Crippen molar-refractivity contribution in [2.24, 2.45) is 5.92 Å². The van der Waals surface area contributed by atoms with Gasteiger partial charge < -0.3 is 0 Å². The van der Waals surface area contributed by atoms with Crippen LogP contribution in [0.1, 0.15) is 29.3 Å². The van der Waals surface area contributed by atoms with Crippen molar-refractivity contribution in [2.75, 3.05) is 0 Å². The van der Waals surface area contributed by atoms with Gasteiger partial charge in [0, 0.05) is 17.0 Å². The number of rotatable bonds is 5. The first-order valence-electron chi connectivity index (χ1n) is 7.02. The fourth-order valence-electron chi connectivity index (χ4n) is 2.16. The Labute approximate surface area is 135 Å². The van der Waals surface area contributed by atoms with Crippen LogP contribution in [-0.4, -0.2) is 5.78 Å². The second-order valence-corrected chi connectivity index (χ2v) is 5.55. The van der Waals surface area contributed by atoms with Gasteiger partial charge in [0.05, 0.1) is 12.0 Å². The molecule has 0 saturated carbocycles. The minimum atomic E-state index is -0.427. The van der Waals surface area contributed by atoms with Gasteiger partial charge in [-0.1, -0.05) is 53.6 Å². The molecule has 0 heterocycles. The topological polar surface area (TPSA) is 40.9 Å². The van der Waals surface area contributed by atoms with E-state index in [-0.39, 0.29) is 12.2 Å². The maximum absolute atomic E-state index is 12.3. The molecule has 3 heteroatoms. The van der Waals surface area contributed by atoms with E-state index in [1.165, 1.54) is 0 Å². The van der Waals surface area contributed by atoms with Crippen molar-refractivity contribution in [2.45, 2.75) is 13.3 Å². The van der Waals surface area contributed by atoms with E-state index in [4.69, 9.17) is 11.6 Å². The van der Waals surface area contributed by atoms with Crippen LogP contribution in [0.25, 0.3) is 6.08 Å². The van der Waals surface area contributed by atoms with Crippen LogP contribution in [0.15, 0.2) is 60.2 Å². The molecule has 1 atom stereocenters. The Kier molecular flexibility index (Phi) is 5.52. The minimum Gasteiger partial charge on any atom is -0.294 e. The molecule has 2 aromatic carbocycles. The van der Waals surface area contributed by atoms with Gasteiger partial charge in [0.25, 0.3) is 0 Å². The van der Waals surface area contributed by atoms with Crippen molar-refractivity contribution >= 4 is 23.5 Å². The number of hydrogen-bond donors (Lipinski definition) is 0. The molecule has 0 N–H and O–H groups in total. The Hall–Kier alpha value is -2.37. The first-order valence-corrected chi connectivity index (χ1v) is 7.39. The van der Waals surface area contributed by atoms with Crippen molar-refractivity contribution in [3.63, 3.8) is 0 Å². The summed E-state index contributed by atoms with van der Waals surface area (Å²) in [5.41, 5.74) is 2.49. The molecule has 0 fully saturated rings. The van der Waals surface area contributed by atoms with Crippen molar-refractivity contribution in [3.05, 3.63) is 76.3 Å². The van der Waals surface area contributed by atoms with E-state index in [0.717, 1.165) is 11.1 Å². The standard InChI is InChI=1S/C19H16ClNO/c1-14(11-15-5-3-2-4-6-15)17(13-21)12-19(22)16-7-9-18(20)10-8-16/h2-11,17H,12H2,1H3/b14-11+. The van der Waals surface area contributed by atoms with Gasteiger partial charge in [-0.2, -0.15) is 5.26 Å². The third-order valence-electron chi connectivity index (χ3n) is 3.46. The summed E-state index contributed by atoms with van der Waals surface area (Å²) in [5.74, 6) is -0.479. The molecular formula is C19H16ClNO. The smallest absolute Gasteiger partial charge is 0.164 e.